The number of alkyl halides is 1. The SMILES string of the molecule is COc1cc2c(cc1OCCCCCC(=O)N1C[C@@H](CCl)c3c1cc(C)c1ccccc31)N(C(=O)OCc1ccc(NC(=O)[C@H](CCCCN)NC(=O)C3(C(=O)NCCCCCN4C(=O)C=CC4=O)CCC3)cc1)C(O)[C@@H]1CCCN1C2=O. The molecule has 9 rings (SSSR count). The average molecular weight is 1160 g/mol. The summed E-state index contributed by atoms with van der Waals surface area (Å²) in [5, 5.41) is 22.8. The lowest BCUT2D eigenvalue weighted by atomic mass is 9.67. The smallest absolute Gasteiger partial charge is 0.416 e. The van der Waals surface area contributed by atoms with E-state index < -0.39 is 47.5 Å². The molecule has 442 valence electrons. The summed E-state index contributed by atoms with van der Waals surface area (Å²) >= 11 is 6.46. The molecule has 21 heteroatoms. The van der Waals surface area contributed by atoms with Gasteiger partial charge < -0.3 is 50.8 Å². The van der Waals surface area contributed by atoms with E-state index in [1.54, 1.807) is 29.2 Å². The van der Waals surface area contributed by atoms with Gasteiger partial charge in [-0.1, -0.05) is 42.8 Å². The first kappa shape index (κ1) is 60.1. The summed E-state index contributed by atoms with van der Waals surface area (Å²) in [6, 6.07) is 18.3. The van der Waals surface area contributed by atoms with Crippen molar-refractivity contribution < 1.29 is 57.7 Å². The van der Waals surface area contributed by atoms with Gasteiger partial charge in [-0.2, -0.15) is 0 Å². The number of aryl methyl sites for hydroxylation is 1. The quantitative estimate of drug-likeness (QED) is 0.0177. The second-order valence-corrected chi connectivity index (χ2v) is 22.5. The molecular weight excluding hydrogens is 1080 g/mol. The fourth-order valence-electron chi connectivity index (χ4n) is 11.9. The molecule has 2 fully saturated rings. The molecule has 0 aromatic heterocycles. The van der Waals surface area contributed by atoms with Crippen LogP contribution in [0.4, 0.5) is 21.9 Å². The number of imide groups is 1. The van der Waals surface area contributed by atoms with Gasteiger partial charge in [-0.05, 0) is 149 Å². The summed E-state index contributed by atoms with van der Waals surface area (Å²) in [6.45, 7) is 3.99. The number of amides is 8. The number of aliphatic hydroxyl groups excluding tert-OH is 1. The number of nitrogens with zero attached hydrogens (tertiary/aromatic N) is 4. The summed E-state index contributed by atoms with van der Waals surface area (Å²) in [5.41, 5.74) is 8.80. The Kier molecular flexibility index (Phi) is 19.7. The van der Waals surface area contributed by atoms with Gasteiger partial charge in [-0.3, -0.25) is 38.5 Å². The van der Waals surface area contributed by atoms with Gasteiger partial charge in [-0.15, -0.1) is 11.6 Å². The number of methoxy groups -OCH3 is 1. The highest BCUT2D eigenvalue weighted by atomic mass is 35.5. The third-order valence-electron chi connectivity index (χ3n) is 16.8. The maximum atomic E-state index is 14.2. The minimum atomic E-state index is -1.45. The van der Waals surface area contributed by atoms with Gasteiger partial charge in [0.1, 0.15) is 18.1 Å². The molecule has 4 heterocycles. The molecule has 20 nitrogen and oxygen atoms in total. The third-order valence-corrected chi connectivity index (χ3v) is 17.1. The first-order valence-electron chi connectivity index (χ1n) is 29.1. The molecule has 1 saturated heterocycles. The summed E-state index contributed by atoms with van der Waals surface area (Å²) in [7, 11) is 1.46. The summed E-state index contributed by atoms with van der Waals surface area (Å²) < 4.78 is 17.8. The Hall–Kier alpha value is -7.55. The standard InChI is InChI=1S/C62H75ClN8O12/c1-39-33-49-55(44-16-7-6-15-43(39)44)41(36-63)37-70(49)52(72)19-5-3-12-32-82-51-35-48-45(34-50(51)81-2)57(76)68-31-13-18-47(68)58(77)71(48)61(80)83-38-40-20-22-42(23-21-40)66-56(75)46(17-8-9-28-64)67-60(79)62(26-14-27-62)59(78)65-29-10-4-11-30-69-53(73)24-25-54(69)74/h6-7,15-16,20-25,33-35,41,46-47,58,77H,3-5,8-14,17-19,26-32,36-38,64H2,1-2H3,(H,65,78)(H,66,75)(H,67,79)/t41-,46+,47+,58?/m1/s1. The first-order chi connectivity index (χ1) is 40.2. The van der Waals surface area contributed by atoms with E-state index in [0.29, 0.717) is 140 Å². The van der Waals surface area contributed by atoms with Crippen molar-refractivity contribution in [2.45, 2.75) is 134 Å². The predicted octanol–water partition coefficient (Wildman–Crippen LogP) is 7.48. The fourth-order valence-corrected chi connectivity index (χ4v) is 12.2. The van der Waals surface area contributed by atoms with Crippen LogP contribution in [-0.2, 0) is 40.1 Å². The van der Waals surface area contributed by atoms with Gasteiger partial charge >= 0.3 is 6.09 Å². The van der Waals surface area contributed by atoms with Crippen LogP contribution < -0.4 is 41.0 Å². The van der Waals surface area contributed by atoms with E-state index >= 15 is 0 Å². The van der Waals surface area contributed by atoms with E-state index in [2.05, 4.69) is 41.1 Å². The summed E-state index contributed by atoms with van der Waals surface area (Å²) in [6.07, 6.45) is 8.08. The van der Waals surface area contributed by atoms with Crippen LogP contribution in [0.1, 0.15) is 129 Å². The molecule has 5 aliphatic rings. The molecule has 4 atom stereocenters. The van der Waals surface area contributed by atoms with Crippen molar-refractivity contribution in [1.82, 2.24) is 20.4 Å². The topological polar surface area (TPSA) is 260 Å². The van der Waals surface area contributed by atoms with Crippen LogP contribution in [0.2, 0.25) is 0 Å². The normalized spacial score (nSPS) is 19.0. The lowest BCUT2D eigenvalue weighted by Crippen LogP contribution is -2.58. The largest absolute Gasteiger partial charge is 0.493 e. The first-order valence-corrected chi connectivity index (χ1v) is 29.6. The number of carbonyl (C=O) groups is 8. The van der Waals surface area contributed by atoms with Crippen LogP contribution in [0.3, 0.4) is 0 Å². The zero-order valence-corrected chi connectivity index (χ0v) is 48.0. The number of hydrogen-bond donors (Lipinski definition) is 5. The number of anilines is 3. The number of unbranched alkanes of at least 4 members (excludes halogenated alkanes) is 5. The predicted molar refractivity (Wildman–Crippen MR) is 313 cm³/mol. The van der Waals surface area contributed by atoms with Crippen LogP contribution in [0.25, 0.3) is 10.8 Å². The number of carbonyl (C=O) groups excluding carboxylic acids is 8. The molecule has 0 spiro atoms. The molecule has 4 aromatic carbocycles. The minimum Gasteiger partial charge on any atom is -0.493 e. The van der Waals surface area contributed by atoms with Gasteiger partial charge in [0.2, 0.25) is 23.6 Å². The molecule has 0 radical (unpaired) electrons. The number of aliphatic hydroxyl groups is 1. The molecule has 1 aliphatic carbocycles. The van der Waals surface area contributed by atoms with E-state index in [9.17, 15) is 43.5 Å². The molecule has 4 aliphatic heterocycles. The maximum absolute atomic E-state index is 14.2. The van der Waals surface area contributed by atoms with Gasteiger partial charge in [0, 0.05) is 74.0 Å². The molecule has 1 unspecified atom stereocenters. The highest BCUT2D eigenvalue weighted by Gasteiger charge is 2.51. The van der Waals surface area contributed by atoms with E-state index in [4.69, 9.17) is 31.5 Å². The summed E-state index contributed by atoms with van der Waals surface area (Å²) in [5.74, 6) is -1.44. The number of hydrogen-bond acceptors (Lipinski definition) is 13. The second kappa shape index (κ2) is 27.2. The highest BCUT2D eigenvalue weighted by Crippen LogP contribution is 2.45. The molecular formula is C62H75ClN8O12. The van der Waals surface area contributed by atoms with Crippen LogP contribution in [0, 0.1) is 12.3 Å². The second-order valence-electron chi connectivity index (χ2n) is 22.2. The van der Waals surface area contributed by atoms with Crippen LogP contribution in [0.15, 0.2) is 78.9 Å². The van der Waals surface area contributed by atoms with E-state index in [1.165, 1.54) is 36.3 Å². The minimum absolute atomic E-state index is 0.0406. The van der Waals surface area contributed by atoms with Crippen LogP contribution in [0.5, 0.6) is 11.5 Å². The monoisotopic (exact) mass is 1160 g/mol. The third kappa shape index (κ3) is 13.1. The zero-order valence-electron chi connectivity index (χ0n) is 47.3. The summed E-state index contributed by atoms with van der Waals surface area (Å²) in [4.78, 5) is 113. The van der Waals surface area contributed by atoms with E-state index in [-0.39, 0.29) is 71.9 Å². The molecule has 4 aromatic rings. The zero-order chi connectivity index (χ0) is 58.8. The number of benzene rings is 4. The van der Waals surface area contributed by atoms with Crippen molar-refractivity contribution in [2.75, 3.05) is 67.4 Å². The van der Waals surface area contributed by atoms with Crippen molar-refractivity contribution in [3.05, 3.63) is 101 Å². The Morgan fingerprint density at radius 3 is 2.30 bits per heavy atom. The number of rotatable bonds is 26. The van der Waals surface area contributed by atoms with Crippen molar-refractivity contribution in [2.24, 2.45) is 11.1 Å². The lowest BCUT2D eigenvalue weighted by molar-refractivity contribution is -0.151. The molecule has 0 bridgehead atoms. The number of halogens is 1. The van der Waals surface area contributed by atoms with Gasteiger partial charge in [0.15, 0.2) is 17.7 Å². The number of nitrogens with one attached hydrogen (secondary N) is 3. The maximum Gasteiger partial charge on any atom is 0.416 e. The highest BCUT2D eigenvalue weighted by molar-refractivity contribution is 6.19. The van der Waals surface area contributed by atoms with Crippen LogP contribution >= 0.6 is 11.6 Å². The van der Waals surface area contributed by atoms with Gasteiger partial charge in [0.25, 0.3) is 17.7 Å². The molecule has 83 heavy (non-hydrogen) atoms. The number of nitrogens with two attached hydrogens (primary N) is 1. The van der Waals surface area contributed by atoms with Crippen molar-refractivity contribution >= 4 is 86.9 Å². The average Bonchev–Trinajstić information content (AvgIpc) is 2.78. The van der Waals surface area contributed by atoms with Crippen molar-refractivity contribution in [3.8, 4) is 11.5 Å². The Labute approximate surface area is 488 Å². The Morgan fingerprint density at radius 1 is 0.843 bits per heavy atom. The molecule has 8 amide bonds. The molecule has 1 saturated carbocycles. The Morgan fingerprint density at radius 2 is 1.59 bits per heavy atom. The molecule has 6 N–H and O–H groups in total. The lowest BCUT2D eigenvalue weighted by Gasteiger charge is -2.39. The van der Waals surface area contributed by atoms with E-state index in [1.807, 2.05) is 17.0 Å². The number of fused-ring (bicyclic) bond motifs is 5. The fraction of sp³-hybridized carbons (Fsp3) is 0.484. The Balaban J connectivity index is 0.786. The van der Waals surface area contributed by atoms with E-state index in [0.717, 1.165) is 32.5 Å². The van der Waals surface area contributed by atoms with Gasteiger partial charge in [0.05, 0.1) is 31.0 Å². The Bertz CT molecular complexity index is 3110. The van der Waals surface area contributed by atoms with Crippen molar-refractivity contribution in [3.63, 3.8) is 0 Å². The number of ether oxygens (including phenoxy) is 3. The van der Waals surface area contributed by atoms with Crippen LogP contribution in [-0.4, -0.2) is 133 Å². The van der Waals surface area contributed by atoms with Crippen molar-refractivity contribution in [1.29, 1.82) is 0 Å². The van der Waals surface area contributed by atoms with Gasteiger partial charge in [-0.25, -0.2) is 9.69 Å².